The first kappa shape index (κ1) is 19.8. The van der Waals surface area contributed by atoms with Crippen molar-refractivity contribution < 1.29 is 13.7 Å². The molecule has 0 aliphatic rings. The summed E-state index contributed by atoms with van der Waals surface area (Å²) in [5, 5.41) is 13.0. The van der Waals surface area contributed by atoms with Gasteiger partial charge in [-0.3, -0.25) is 4.57 Å². The average Bonchev–Trinajstić information content (AvgIpc) is 3.40. The smallest absolute Gasteiger partial charge is 0.237 e. The van der Waals surface area contributed by atoms with Crippen LogP contribution in [0.3, 0.4) is 0 Å². The summed E-state index contributed by atoms with van der Waals surface area (Å²) in [5.41, 5.74) is 1.21. The normalized spacial score (nSPS) is 10.9. The molecule has 0 atom stereocenters. The number of hydrogen-bond donors (Lipinski definition) is 0. The van der Waals surface area contributed by atoms with Crippen LogP contribution in [-0.2, 0) is 12.3 Å². The van der Waals surface area contributed by atoms with E-state index >= 15 is 0 Å². The Labute approximate surface area is 176 Å². The third-order valence-electron chi connectivity index (χ3n) is 4.28. The van der Waals surface area contributed by atoms with Crippen LogP contribution in [-0.4, -0.2) is 32.0 Å². The number of aromatic nitrogens is 5. The average molecular weight is 423 g/mol. The number of methoxy groups -OCH3 is 1. The summed E-state index contributed by atoms with van der Waals surface area (Å²) in [6.07, 6.45) is 1.71. The maximum absolute atomic E-state index is 14.2. The molecule has 30 heavy (non-hydrogen) atoms. The number of thioether (sulfide) groups is 1. The summed E-state index contributed by atoms with van der Waals surface area (Å²) in [5.74, 6) is 2.19. The lowest BCUT2D eigenvalue weighted by atomic mass is 10.2. The van der Waals surface area contributed by atoms with Gasteiger partial charge in [0, 0.05) is 12.1 Å². The Balaban J connectivity index is 1.52. The zero-order valence-electron chi connectivity index (χ0n) is 16.2. The van der Waals surface area contributed by atoms with Crippen LogP contribution in [0.5, 0.6) is 5.75 Å². The van der Waals surface area contributed by atoms with Crippen molar-refractivity contribution in [2.75, 3.05) is 7.11 Å². The Kier molecular flexibility index (Phi) is 5.89. The standard InChI is InChI=1S/C21H18FN5O2S/c1-3-12-27-20(16-6-4-5-7-17(16)22)24-25-21(27)30-13-18-23-19(26-29-18)14-8-10-15(28-2)11-9-14/h3-11H,1,12-13H2,2H3. The number of allylic oxidation sites excluding steroid dienone is 1. The van der Waals surface area contributed by atoms with E-state index in [0.29, 0.717) is 40.6 Å². The molecule has 0 aliphatic carbocycles. The van der Waals surface area contributed by atoms with Crippen LogP contribution in [0.4, 0.5) is 4.39 Å². The van der Waals surface area contributed by atoms with Crippen molar-refractivity contribution in [3.63, 3.8) is 0 Å². The second kappa shape index (κ2) is 8.91. The van der Waals surface area contributed by atoms with E-state index in [4.69, 9.17) is 9.26 Å². The number of rotatable bonds is 8. The van der Waals surface area contributed by atoms with Gasteiger partial charge >= 0.3 is 0 Å². The van der Waals surface area contributed by atoms with Crippen molar-refractivity contribution in [2.45, 2.75) is 17.5 Å². The van der Waals surface area contributed by atoms with Gasteiger partial charge in [-0.1, -0.05) is 35.1 Å². The monoisotopic (exact) mass is 423 g/mol. The first-order valence-electron chi connectivity index (χ1n) is 9.08. The molecule has 7 nitrogen and oxygen atoms in total. The molecule has 0 N–H and O–H groups in total. The zero-order valence-corrected chi connectivity index (χ0v) is 17.0. The molecular weight excluding hydrogens is 405 g/mol. The van der Waals surface area contributed by atoms with Crippen LogP contribution in [0.15, 0.2) is 70.9 Å². The highest BCUT2D eigenvalue weighted by molar-refractivity contribution is 7.98. The van der Waals surface area contributed by atoms with Crippen LogP contribution >= 0.6 is 11.8 Å². The molecule has 4 aromatic rings. The molecule has 0 saturated heterocycles. The van der Waals surface area contributed by atoms with Gasteiger partial charge in [0.25, 0.3) is 0 Å². The summed E-state index contributed by atoms with van der Waals surface area (Å²) in [6, 6.07) is 13.9. The molecule has 0 fully saturated rings. The molecule has 0 radical (unpaired) electrons. The molecule has 2 aromatic carbocycles. The van der Waals surface area contributed by atoms with Crippen LogP contribution in [0.2, 0.25) is 0 Å². The summed E-state index contributed by atoms with van der Waals surface area (Å²) < 4.78 is 26.5. The first-order chi connectivity index (χ1) is 14.7. The van der Waals surface area contributed by atoms with Crippen molar-refractivity contribution in [2.24, 2.45) is 0 Å². The Hall–Kier alpha value is -3.46. The summed E-state index contributed by atoms with van der Waals surface area (Å²) >= 11 is 1.38. The minimum atomic E-state index is -0.354. The highest BCUT2D eigenvalue weighted by Gasteiger charge is 2.17. The van der Waals surface area contributed by atoms with E-state index in [1.54, 1.807) is 36.0 Å². The minimum absolute atomic E-state index is 0.354. The highest BCUT2D eigenvalue weighted by atomic mass is 32.2. The maximum Gasteiger partial charge on any atom is 0.237 e. The predicted octanol–water partition coefficient (Wildman–Crippen LogP) is 4.62. The van der Waals surface area contributed by atoms with Gasteiger partial charge in [-0.2, -0.15) is 4.98 Å². The number of nitrogens with zero attached hydrogens (tertiary/aromatic N) is 5. The van der Waals surface area contributed by atoms with E-state index in [2.05, 4.69) is 26.9 Å². The van der Waals surface area contributed by atoms with Crippen LogP contribution in [0, 0.1) is 5.82 Å². The molecule has 0 amide bonds. The van der Waals surface area contributed by atoms with E-state index in [-0.39, 0.29) is 5.82 Å². The molecule has 4 rings (SSSR count). The van der Waals surface area contributed by atoms with Crippen LogP contribution < -0.4 is 4.74 Å². The van der Waals surface area contributed by atoms with Crippen LogP contribution in [0.25, 0.3) is 22.8 Å². The lowest BCUT2D eigenvalue weighted by Gasteiger charge is -2.07. The lowest BCUT2D eigenvalue weighted by Crippen LogP contribution is -2.01. The summed E-state index contributed by atoms with van der Waals surface area (Å²) in [4.78, 5) is 4.43. The summed E-state index contributed by atoms with van der Waals surface area (Å²) in [6.45, 7) is 4.22. The Morgan fingerprint density at radius 1 is 1.17 bits per heavy atom. The molecule has 0 spiro atoms. The van der Waals surface area contributed by atoms with Gasteiger partial charge < -0.3 is 9.26 Å². The summed E-state index contributed by atoms with van der Waals surface area (Å²) in [7, 11) is 1.61. The molecule has 0 bridgehead atoms. The van der Waals surface area contributed by atoms with Gasteiger partial charge in [-0.25, -0.2) is 4.39 Å². The van der Waals surface area contributed by atoms with Crippen LogP contribution in [0.1, 0.15) is 5.89 Å². The number of hydrogen-bond acceptors (Lipinski definition) is 7. The predicted molar refractivity (Wildman–Crippen MR) is 111 cm³/mol. The van der Waals surface area contributed by atoms with Crippen molar-refractivity contribution in [3.8, 4) is 28.5 Å². The first-order valence-corrected chi connectivity index (χ1v) is 10.1. The molecule has 2 heterocycles. The van der Waals surface area contributed by atoms with Crippen molar-refractivity contribution in [3.05, 3.63) is 72.9 Å². The van der Waals surface area contributed by atoms with Gasteiger partial charge in [-0.15, -0.1) is 16.8 Å². The van der Waals surface area contributed by atoms with Gasteiger partial charge in [0.05, 0.1) is 18.4 Å². The van der Waals surface area contributed by atoms with E-state index in [9.17, 15) is 4.39 Å². The molecule has 0 aliphatic heterocycles. The molecular formula is C21H18FN5O2S. The van der Waals surface area contributed by atoms with Gasteiger partial charge in [0.15, 0.2) is 11.0 Å². The number of halogens is 1. The molecule has 0 unspecified atom stereocenters. The quantitative estimate of drug-likeness (QED) is 0.302. The van der Waals surface area contributed by atoms with Crippen molar-refractivity contribution in [1.29, 1.82) is 0 Å². The lowest BCUT2D eigenvalue weighted by molar-refractivity contribution is 0.391. The van der Waals surface area contributed by atoms with E-state index in [0.717, 1.165) is 11.3 Å². The maximum atomic E-state index is 14.2. The van der Waals surface area contributed by atoms with E-state index in [1.165, 1.54) is 17.8 Å². The third-order valence-corrected chi connectivity index (χ3v) is 5.24. The SMILES string of the molecule is C=CCn1c(SCc2nc(-c3ccc(OC)cc3)no2)nnc1-c1ccccc1F. The van der Waals surface area contributed by atoms with E-state index in [1.807, 2.05) is 24.3 Å². The fourth-order valence-electron chi connectivity index (χ4n) is 2.83. The Bertz CT molecular complexity index is 1160. The molecule has 9 heteroatoms. The second-order valence-corrected chi connectivity index (χ2v) is 7.16. The van der Waals surface area contributed by atoms with Crippen molar-refractivity contribution >= 4 is 11.8 Å². The largest absolute Gasteiger partial charge is 0.497 e. The van der Waals surface area contributed by atoms with Gasteiger partial charge in [-0.05, 0) is 36.4 Å². The van der Waals surface area contributed by atoms with Crippen molar-refractivity contribution in [1.82, 2.24) is 24.9 Å². The number of benzene rings is 2. The zero-order chi connectivity index (χ0) is 20.9. The fourth-order valence-corrected chi connectivity index (χ4v) is 3.61. The Morgan fingerprint density at radius 2 is 1.97 bits per heavy atom. The molecule has 0 saturated carbocycles. The Morgan fingerprint density at radius 3 is 2.70 bits per heavy atom. The third kappa shape index (κ3) is 4.11. The molecule has 152 valence electrons. The second-order valence-electron chi connectivity index (χ2n) is 6.21. The topological polar surface area (TPSA) is 78.9 Å². The molecule has 2 aromatic heterocycles. The fraction of sp³-hybridized carbons (Fsp3) is 0.143. The van der Waals surface area contributed by atoms with E-state index < -0.39 is 0 Å². The van der Waals surface area contributed by atoms with Gasteiger partial charge in [0.1, 0.15) is 11.6 Å². The number of ether oxygens (including phenoxy) is 1. The minimum Gasteiger partial charge on any atom is -0.497 e. The highest BCUT2D eigenvalue weighted by Crippen LogP contribution is 2.28. The van der Waals surface area contributed by atoms with Gasteiger partial charge in [0.2, 0.25) is 11.7 Å².